The molecule has 346 valence electrons. The second-order valence-corrected chi connectivity index (χ2v) is 20.4. The number of nitrogens with zero attached hydrogens (tertiary/aromatic N) is 5. The normalized spacial score (nSPS) is 14.1. The van der Waals surface area contributed by atoms with Crippen molar-refractivity contribution in [2.24, 2.45) is 0 Å². The number of benzene rings is 9. The fourth-order valence-corrected chi connectivity index (χ4v) is 12.3. The average Bonchev–Trinajstić information content (AvgIpc) is 4.07. The van der Waals surface area contributed by atoms with Gasteiger partial charge < -0.3 is 19.4 Å². The van der Waals surface area contributed by atoms with Crippen LogP contribution in [0.5, 0.6) is 11.5 Å². The average molecular weight is 930 g/mol. The zero-order valence-electron chi connectivity index (χ0n) is 40.7. The van der Waals surface area contributed by atoms with E-state index in [9.17, 15) is 0 Å². The molecule has 9 aromatic carbocycles. The molecular formula is C66H51N5O. The molecule has 0 unspecified atom stereocenters. The molecular weight excluding hydrogens is 879 g/mol. The van der Waals surface area contributed by atoms with Crippen molar-refractivity contribution in [2.75, 3.05) is 28.4 Å². The van der Waals surface area contributed by atoms with Crippen molar-refractivity contribution in [3.8, 4) is 39.6 Å². The summed E-state index contributed by atoms with van der Waals surface area (Å²) in [4.78, 5) is 12.3. The minimum Gasteiger partial charge on any atom is -0.457 e. The molecule has 2 aliphatic heterocycles. The minimum absolute atomic E-state index is 0.0585. The van der Waals surface area contributed by atoms with Crippen molar-refractivity contribution >= 4 is 55.9 Å². The van der Waals surface area contributed by atoms with Crippen molar-refractivity contribution in [1.29, 1.82) is 0 Å². The fourth-order valence-electron chi connectivity index (χ4n) is 12.3. The number of rotatable bonds is 7. The first-order valence-electron chi connectivity index (χ1n) is 24.9. The van der Waals surface area contributed by atoms with E-state index in [1.165, 1.54) is 77.9 Å². The maximum absolute atomic E-state index is 7.28. The van der Waals surface area contributed by atoms with Gasteiger partial charge in [0.2, 0.25) is 0 Å². The molecule has 4 heterocycles. The monoisotopic (exact) mass is 929 g/mol. The zero-order chi connectivity index (χ0) is 48.3. The summed E-state index contributed by atoms with van der Waals surface area (Å²) < 4.78 is 9.64. The van der Waals surface area contributed by atoms with Crippen LogP contribution in [0.3, 0.4) is 0 Å². The largest absolute Gasteiger partial charge is 0.457 e. The van der Waals surface area contributed by atoms with E-state index in [2.05, 4.69) is 265 Å². The highest BCUT2D eigenvalue weighted by molar-refractivity contribution is 6.19. The van der Waals surface area contributed by atoms with Gasteiger partial charge in [-0.15, -0.1) is 0 Å². The highest BCUT2D eigenvalue weighted by atomic mass is 16.5. The first-order valence-corrected chi connectivity index (χ1v) is 24.9. The Balaban J connectivity index is 0.934. The third-order valence-electron chi connectivity index (χ3n) is 15.4. The summed E-state index contributed by atoms with van der Waals surface area (Å²) in [6, 6.07) is 79.3. The Morgan fingerprint density at radius 1 is 0.472 bits per heavy atom. The maximum Gasteiger partial charge on any atom is 0.137 e. The molecule has 11 aromatic rings. The molecule has 0 fully saturated rings. The van der Waals surface area contributed by atoms with Crippen LogP contribution in [0, 0.1) is 0 Å². The number of ether oxygens (including phenoxy) is 1. The molecule has 1 spiro atoms. The van der Waals surface area contributed by atoms with Crippen LogP contribution in [0.25, 0.3) is 49.9 Å². The van der Waals surface area contributed by atoms with Gasteiger partial charge in [-0.1, -0.05) is 166 Å². The van der Waals surface area contributed by atoms with Crippen LogP contribution in [0.15, 0.2) is 225 Å². The maximum atomic E-state index is 7.28. The molecule has 3 aliphatic rings. The third kappa shape index (κ3) is 6.11. The van der Waals surface area contributed by atoms with Crippen LogP contribution in [0.1, 0.15) is 48.6 Å². The molecule has 0 bridgehead atoms. The highest BCUT2D eigenvalue weighted by Gasteiger charge is 2.51. The van der Waals surface area contributed by atoms with Gasteiger partial charge in [0.25, 0.3) is 0 Å². The van der Waals surface area contributed by atoms with Gasteiger partial charge in [-0.2, -0.15) is 0 Å². The summed E-state index contributed by atoms with van der Waals surface area (Å²) in [5, 5.41) is 2.49. The number of hydrogen-bond donors (Lipinski definition) is 0. The van der Waals surface area contributed by atoms with Gasteiger partial charge in [-0.25, -0.2) is 4.98 Å². The summed E-state index contributed by atoms with van der Waals surface area (Å²) >= 11 is 0. The van der Waals surface area contributed by atoms with E-state index < -0.39 is 5.41 Å². The number of para-hydroxylation sites is 5. The van der Waals surface area contributed by atoms with Gasteiger partial charge in [-0.05, 0) is 105 Å². The molecule has 0 radical (unpaired) electrons. The minimum atomic E-state index is -0.597. The fraction of sp³-hybridized carbons (Fsp3) is 0.106. The molecule has 0 N–H and O–H groups in total. The molecule has 0 atom stereocenters. The van der Waals surface area contributed by atoms with Gasteiger partial charge in [-0.3, -0.25) is 4.57 Å². The molecule has 14 rings (SSSR count). The predicted molar refractivity (Wildman–Crippen MR) is 297 cm³/mol. The van der Waals surface area contributed by atoms with Gasteiger partial charge in [0.05, 0.1) is 33.5 Å². The Morgan fingerprint density at radius 2 is 1.04 bits per heavy atom. The van der Waals surface area contributed by atoms with Gasteiger partial charge >= 0.3 is 0 Å². The van der Waals surface area contributed by atoms with Crippen molar-refractivity contribution in [3.63, 3.8) is 0 Å². The van der Waals surface area contributed by atoms with E-state index in [-0.39, 0.29) is 5.41 Å². The number of pyridine rings is 1. The smallest absolute Gasteiger partial charge is 0.137 e. The summed E-state index contributed by atoms with van der Waals surface area (Å²) in [7, 11) is 2.19. The van der Waals surface area contributed by atoms with Crippen LogP contribution in [-0.2, 0) is 10.8 Å². The Hall–Kier alpha value is -8.87. The molecule has 0 saturated carbocycles. The van der Waals surface area contributed by atoms with Crippen LogP contribution in [0.4, 0.5) is 34.1 Å². The lowest BCUT2D eigenvalue weighted by atomic mass is 9.64. The van der Waals surface area contributed by atoms with E-state index >= 15 is 0 Å². The molecule has 6 heteroatoms. The molecule has 2 aromatic heterocycles. The molecule has 1 aliphatic carbocycles. The lowest BCUT2D eigenvalue weighted by Gasteiger charge is -2.44. The van der Waals surface area contributed by atoms with E-state index in [1.54, 1.807) is 0 Å². The summed E-state index contributed by atoms with van der Waals surface area (Å²) in [5.41, 5.74) is 19.4. The first-order chi connectivity index (χ1) is 35.3. The van der Waals surface area contributed by atoms with E-state index in [1.807, 2.05) is 6.20 Å². The van der Waals surface area contributed by atoms with E-state index in [0.717, 1.165) is 45.4 Å². The third-order valence-corrected chi connectivity index (χ3v) is 15.4. The van der Waals surface area contributed by atoms with Crippen molar-refractivity contribution in [2.45, 2.75) is 31.6 Å². The summed E-state index contributed by atoms with van der Waals surface area (Å²) in [5.74, 6) is 2.42. The Morgan fingerprint density at radius 3 is 1.71 bits per heavy atom. The Kier molecular flexibility index (Phi) is 9.24. The number of aromatic nitrogens is 2. The summed E-state index contributed by atoms with van der Waals surface area (Å²) in [6.07, 6.45) is 1.96. The summed E-state index contributed by atoms with van der Waals surface area (Å²) in [6.45, 7) is 7.40. The Labute approximate surface area is 420 Å². The lowest BCUT2D eigenvalue weighted by molar-refractivity contribution is 0.482. The molecule has 0 amide bonds. The number of fused-ring (bicyclic) bond motifs is 7. The number of hydrogen-bond acceptors (Lipinski definition) is 5. The van der Waals surface area contributed by atoms with Gasteiger partial charge in [0.15, 0.2) is 0 Å². The molecule has 6 nitrogen and oxygen atoms in total. The van der Waals surface area contributed by atoms with Crippen molar-refractivity contribution in [1.82, 2.24) is 9.55 Å². The highest BCUT2D eigenvalue weighted by Crippen LogP contribution is 2.63. The van der Waals surface area contributed by atoms with Crippen molar-refractivity contribution < 1.29 is 4.74 Å². The Bertz CT molecular complexity index is 3860. The molecule has 72 heavy (non-hydrogen) atoms. The first kappa shape index (κ1) is 42.0. The van der Waals surface area contributed by atoms with Crippen molar-refractivity contribution in [3.05, 3.63) is 252 Å². The predicted octanol–water partition coefficient (Wildman–Crippen LogP) is 16.6. The quantitative estimate of drug-likeness (QED) is 0.159. The van der Waals surface area contributed by atoms with Gasteiger partial charge in [0.1, 0.15) is 24.0 Å². The van der Waals surface area contributed by atoms with Crippen LogP contribution in [0.2, 0.25) is 0 Å². The van der Waals surface area contributed by atoms with Crippen LogP contribution in [-0.4, -0.2) is 23.3 Å². The second kappa shape index (κ2) is 15.8. The standard InChI is InChI=1S/C66H51N5O/c1-65(2,3)45-36-37-67-61(38-45)71-59-35-19-30-53-62(59)63-54(66(53)51-28-11-13-31-55(51)68(4)56-32-14-12-29-52(56)66)40-48(41-60(63)71)72-47-25-17-24-46(39-47)69-42-70(58-34-16-15-33-57(58)69)64-49(43-20-7-5-8-21-43)26-18-27-50(64)44-22-9-6-10-23-44/h5-41H,42H2,1-4H3. The zero-order valence-corrected chi connectivity index (χ0v) is 40.7. The molecule has 0 saturated heterocycles. The van der Waals surface area contributed by atoms with Gasteiger partial charge in [0, 0.05) is 64.3 Å². The van der Waals surface area contributed by atoms with Crippen LogP contribution >= 0.6 is 0 Å². The number of anilines is 6. The van der Waals surface area contributed by atoms with E-state index in [0.29, 0.717) is 6.67 Å². The van der Waals surface area contributed by atoms with E-state index in [4.69, 9.17) is 9.72 Å². The lowest BCUT2D eigenvalue weighted by Crippen LogP contribution is -2.36. The topological polar surface area (TPSA) is 36.8 Å². The van der Waals surface area contributed by atoms with Crippen LogP contribution < -0.4 is 19.4 Å². The SMILES string of the molecule is CN1c2ccccc2C2(c3ccccc31)c1cccc3c1c1c2cc(Oc2cccc(N4CN(c5c(-c6ccccc6)cccc5-c5ccccc5)c5ccccc54)c2)cc1n3-c1cc(C(C)(C)C)ccn1. The second-order valence-electron chi connectivity index (χ2n) is 20.4.